The molecule has 0 aliphatic heterocycles. The fraction of sp³-hybridized carbons (Fsp3) is 0.0833. The van der Waals surface area contributed by atoms with Crippen molar-refractivity contribution >= 4 is 5.69 Å². The van der Waals surface area contributed by atoms with Crippen LogP contribution in [0.5, 0.6) is 11.6 Å². The Labute approximate surface area is 92.7 Å². The Morgan fingerprint density at radius 1 is 1.31 bits per heavy atom. The second-order valence-electron chi connectivity index (χ2n) is 3.41. The maximum Gasteiger partial charge on any atom is 0.255 e. The van der Waals surface area contributed by atoms with Crippen LogP contribution in [0.1, 0.15) is 5.56 Å². The fourth-order valence-corrected chi connectivity index (χ4v) is 1.27. The number of rotatable bonds is 2. The molecule has 2 N–H and O–H groups in total. The Morgan fingerprint density at radius 3 is 2.81 bits per heavy atom. The van der Waals surface area contributed by atoms with Gasteiger partial charge in [0.1, 0.15) is 5.75 Å². The minimum absolute atomic E-state index is 0.0355. The third-order valence-corrected chi connectivity index (χ3v) is 2.18. The van der Waals surface area contributed by atoms with Gasteiger partial charge in [0.05, 0.1) is 0 Å². The van der Waals surface area contributed by atoms with E-state index in [1.165, 1.54) is 18.3 Å². The first-order valence-electron chi connectivity index (χ1n) is 4.81. The van der Waals surface area contributed by atoms with Crippen molar-refractivity contribution in [2.24, 2.45) is 0 Å². The molecule has 2 rings (SSSR count). The van der Waals surface area contributed by atoms with E-state index in [9.17, 15) is 4.39 Å². The summed E-state index contributed by atoms with van der Waals surface area (Å²) >= 11 is 0. The maximum atomic E-state index is 13.2. The van der Waals surface area contributed by atoms with Crippen molar-refractivity contribution in [1.29, 1.82) is 0 Å². The monoisotopic (exact) mass is 218 g/mol. The van der Waals surface area contributed by atoms with E-state index in [4.69, 9.17) is 10.5 Å². The van der Waals surface area contributed by atoms with Crippen LogP contribution in [0.25, 0.3) is 0 Å². The molecule has 82 valence electrons. The molecule has 16 heavy (non-hydrogen) atoms. The molecule has 4 heteroatoms. The van der Waals surface area contributed by atoms with E-state index < -0.39 is 5.82 Å². The molecule has 3 nitrogen and oxygen atoms in total. The van der Waals surface area contributed by atoms with Gasteiger partial charge in [0.2, 0.25) is 0 Å². The van der Waals surface area contributed by atoms with Gasteiger partial charge in [-0.15, -0.1) is 0 Å². The number of ether oxygens (including phenoxy) is 1. The van der Waals surface area contributed by atoms with Crippen molar-refractivity contribution < 1.29 is 9.13 Å². The molecule has 0 amide bonds. The van der Waals surface area contributed by atoms with Gasteiger partial charge in [-0.3, -0.25) is 0 Å². The molecule has 0 fully saturated rings. The van der Waals surface area contributed by atoms with Crippen LogP contribution in [0.3, 0.4) is 0 Å². The molecule has 1 aromatic heterocycles. The summed E-state index contributed by atoms with van der Waals surface area (Å²) in [4.78, 5) is 3.80. The van der Waals surface area contributed by atoms with Crippen LogP contribution in [0.2, 0.25) is 0 Å². The SMILES string of the molecule is Cc1cc(Oc2ncccc2F)ccc1N. The van der Waals surface area contributed by atoms with Crippen LogP contribution in [0, 0.1) is 12.7 Å². The van der Waals surface area contributed by atoms with E-state index in [2.05, 4.69) is 4.98 Å². The number of aromatic nitrogens is 1. The molecule has 0 saturated heterocycles. The van der Waals surface area contributed by atoms with Gasteiger partial charge in [-0.05, 0) is 42.8 Å². The van der Waals surface area contributed by atoms with E-state index in [0.717, 1.165) is 5.56 Å². The number of nitrogens with two attached hydrogens (primary N) is 1. The number of pyridine rings is 1. The number of nitrogens with zero attached hydrogens (tertiary/aromatic N) is 1. The van der Waals surface area contributed by atoms with Crippen LogP contribution < -0.4 is 10.5 Å². The van der Waals surface area contributed by atoms with E-state index in [0.29, 0.717) is 11.4 Å². The second-order valence-corrected chi connectivity index (χ2v) is 3.41. The van der Waals surface area contributed by atoms with E-state index in [-0.39, 0.29) is 5.88 Å². The lowest BCUT2D eigenvalue weighted by Gasteiger charge is -2.07. The molecule has 2 aromatic rings. The summed E-state index contributed by atoms with van der Waals surface area (Å²) in [5, 5.41) is 0. The summed E-state index contributed by atoms with van der Waals surface area (Å²) in [6, 6.07) is 7.94. The Balaban J connectivity index is 2.28. The van der Waals surface area contributed by atoms with E-state index in [1.807, 2.05) is 6.92 Å². The van der Waals surface area contributed by atoms with Gasteiger partial charge >= 0.3 is 0 Å². The van der Waals surface area contributed by atoms with Gasteiger partial charge in [-0.1, -0.05) is 0 Å². The largest absolute Gasteiger partial charge is 0.436 e. The van der Waals surface area contributed by atoms with Crippen molar-refractivity contribution in [2.75, 3.05) is 5.73 Å². The topological polar surface area (TPSA) is 48.1 Å². The molecule has 0 atom stereocenters. The highest BCUT2D eigenvalue weighted by Crippen LogP contribution is 2.24. The summed E-state index contributed by atoms with van der Waals surface area (Å²) in [6.07, 6.45) is 1.47. The average Bonchev–Trinajstić information content (AvgIpc) is 2.27. The van der Waals surface area contributed by atoms with Crippen LogP contribution >= 0.6 is 0 Å². The smallest absolute Gasteiger partial charge is 0.255 e. The van der Waals surface area contributed by atoms with Gasteiger partial charge in [-0.2, -0.15) is 0 Å². The number of nitrogen functional groups attached to an aromatic ring is 1. The van der Waals surface area contributed by atoms with Crippen molar-refractivity contribution in [2.45, 2.75) is 6.92 Å². The summed E-state index contributed by atoms with van der Waals surface area (Å²) in [6.45, 7) is 1.86. The third kappa shape index (κ3) is 2.11. The molecule has 1 aromatic carbocycles. The molecule has 1 heterocycles. The number of benzene rings is 1. The number of anilines is 1. The molecular formula is C12H11FN2O. The van der Waals surface area contributed by atoms with Crippen molar-refractivity contribution in [3.8, 4) is 11.6 Å². The van der Waals surface area contributed by atoms with Gasteiger partial charge < -0.3 is 10.5 Å². The molecule has 0 aliphatic carbocycles. The summed E-state index contributed by atoms with van der Waals surface area (Å²) in [5.41, 5.74) is 7.22. The minimum atomic E-state index is -0.489. The highest BCUT2D eigenvalue weighted by molar-refractivity contribution is 5.50. The summed E-state index contributed by atoms with van der Waals surface area (Å²) in [7, 11) is 0. The minimum Gasteiger partial charge on any atom is -0.436 e. The lowest BCUT2D eigenvalue weighted by atomic mass is 10.2. The number of hydrogen-bond donors (Lipinski definition) is 1. The zero-order chi connectivity index (χ0) is 11.5. The van der Waals surface area contributed by atoms with Gasteiger partial charge in [0, 0.05) is 11.9 Å². The average molecular weight is 218 g/mol. The normalized spacial score (nSPS) is 10.1. The number of aryl methyl sites for hydroxylation is 1. The molecule has 0 unspecified atom stereocenters. The molecule has 0 aliphatic rings. The first-order valence-corrected chi connectivity index (χ1v) is 4.81. The Morgan fingerprint density at radius 2 is 2.12 bits per heavy atom. The van der Waals surface area contributed by atoms with Crippen LogP contribution in [-0.2, 0) is 0 Å². The molecule has 0 bridgehead atoms. The first-order chi connectivity index (χ1) is 7.66. The lowest BCUT2D eigenvalue weighted by Crippen LogP contribution is -1.93. The number of halogens is 1. The predicted octanol–water partition coefficient (Wildman–Crippen LogP) is 2.90. The Bertz CT molecular complexity index is 514. The van der Waals surface area contributed by atoms with Gasteiger partial charge in [-0.25, -0.2) is 9.37 Å². The van der Waals surface area contributed by atoms with Crippen LogP contribution in [0.15, 0.2) is 36.5 Å². The van der Waals surface area contributed by atoms with Crippen molar-refractivity contribution in [1.82, 2.24) is 4.98 Å². The Hall–Kier alpha value is -2.10. The van der Waals surface area contributed by atoms with Crippen LogP contribution in [0.4, 0.5) is 10.1 Å². The fourth-order valence-electron chi connectivity index (χ4n) is 1.27. The Kier molecular flexibility index (Phi) is 2.72. The lowest BCUT2D eigenvalue weighted by molar-refractivity contribution is 0.422. The first kappa shape index (κ1) is 10.4. The highest BCUT2D eigenvalue weighted by atomic mass is 19.1. The molecule has 0 radical (unpaired) electrons. The van der Waals surface area contributed by atoms with Crippen LogP contribution in [-0.4, -0.2) is 4.98 Å². The van der Waals surface area contributed by atoms with Gasteiger partial charge in [0.15, 0.2) is 5.82 Å². The quantitative estimate of drug-likeness (QED) is 0.788. The summed E-state index contributed by atoms with van der Waals surface area (Å²) < 4.78 is 18.5. The van der Waals surface area contributed by atoms with Crippen molar-refractivity contribution in [3.63, 3.8) is 0 Å². The van der Waals surface area contributed by atoms with E-state index >= 15 is 0 Å². The highest BCUT2D eigenvalue weighted by Gasteiger charge is 2.05. The maximum absolute atomic E-state index is 13.2. The molecule has 0 spiro atoms. The zero-order valence-corrected chi connectivity index (χ0v) is 8.77. The van der Waals surface area contributed by atoms with E-state index in [1.54, 1.807) is 18.2 Å². The molecular weight excluding hydrogens is 207 g/mol. The standard InChI is InChI=1S/C12H11FN2O/c1-8-7-9(4-5-11(8)14)16-12-10(13)3-2-6-15-12/h2-7H,14H2,1H3. The number of hydrogen-bond acceptors (Lipinski definition) is 3. The predicted molar refractivity (Wildman–Crippen MR) is 59.9 cm³/mol. The zero-order valence-electron chi connectivity index (χ0n) is 8.77. The second kappa shape index (κ2) is 4.18. The van der Waals surface area contributed by atoms with Gasteiger partial charge in [0.25, 0.3) is 5.88 Å². The van der Waals surface area contributed by atoms with Crippen molar-refractivity contribution in [3.05, 3.63) is 47.9 Å². The molecule has 0 saturated carbocycles. The third-order valence-electron chi connectivity index (χ3n) is 2.18. The summed E-state index contributed by atoms with van der Waals surface area (Å²) in [5.74, 6) is -0.00653.